The molecule has 0 amide bonds. The maximum absolute atomic E-state index is 12.4. The first-order chi connectivity index (χ1) is 8.71. The second kappa shape index (κ2) is 6.77. The van der Waals surface area contributed by atoms with Gasteiger partial charge in [-0.25, -0.2) is 4.79 Å². The first kappa shape index (κ1) is 16.9. The lowest BCUT2D eigenvalue weighted by Crippen LogP contribution is -2.11. The van der Waals surface area contributed by atoms with E-state index in [2.05, 4.69) is 4.74 Å². The minimum Gasteiger partial charge on any atom is -0.478 e. The second-order valence-corrected chi connectivity index (χ2v) is 3.11. The Labute approximate surface area is 107 Å². The molecular formula is C12H13F3O4. The number of hydrogen-bond acceptors (Lipinski definition) is 3. The van der Waals surface area contributed by atoms with Gasteiger partial charge in [0.2, 0.25) is 0 Å². The van der Waals surface area contributed by atoms with Crippen molar-refractivity contribution < 1.29 is 32.6 Å². The summed E-state index contributed by atoms with van der Waals surface area (Å²) in [6.45, 7) is 4.96. The minimum absolute atomic E-state index is 0.477. The lowest BCUT2D eigenvalue weighted by molar-refractivity contribution is -0.138. The number of rotatable bonds is 2. The van der Waals surface area contributed by atoms with Crippen LogP contribution in [0.1, 0.15) is 36.7 Å². The molecule has 0 saturated heterocycles. The van der Waals surface area contributed by atoms with E-state index in [0.717, 1.165) is 13.0 Å². The summed E-state index contributed by atoms with van der Waals surface area (Å²) in [6.07, 6.45) is -4.63. The molecule has 1 N–H and O–H groups in total. The van der Waals surface area contributed by atoms with Crippen molar-refractivity contribution in [3.8, 4) is 5.75 Å². The van der Waals surface area contributed by atoms with Crippen molar-refractivity contribution >= 4 is 11.9 Å². The van der Waals surface area contributed by atoms with E-state index < -0.39 is 35.0 Å². The lowest BCUT2D eigenvalue weighted by atomic mass is 10.1. The van der Waals surface area contributed by atoms with Gasteiger partial charge in [-0.2, -0.15) is 13.2 Å². The van der Waals surface area contributed by atoms with E-state index in [1.807, 2.05) is 13.8 Å². The number of hydrogen-bond donors (Lipinski definition) is 1. The maximum Gasteiger partial charge on any atom is 0.416 e. The average Bonchev–Trinajstić information content (AvgIpc) is 2.29. The van der Waals surface area contributed by atoms with Crippen molar-refractivity contribution in [2.24, 2.45) is 0 Å². The number of alkyl halides is 3. The van der Waals surface area contributed by atoms with Crippen LogP contribution in [0.15, 0.2) is 18.2 Å². The summed E-state index contributed by atoms with van der Waals surface area (Å²) in [5.74, 6) is -3.00. The van der Waals surface area contributed by atoms with E-state index in [1.165, 1.54) is 0 Å². The fraction of sp³-hybridized carbons (Fsp3) is 0.333. The summed E-state index contributed by atoms with van der Waals surface area (Å²) in [5.41, 5.74) is -1.59. The highest BCUT2D eigenvalue weighted by atomic mass is 19.4. The van der Waals surface area contributed by atoms with Gasteiger partial charge in [0.25, 0.3) is 0 Å². The number of esters is 1. The fourth-order valence-electron chi connectivity index (χ4n) is 1.11. The number of carbonyl (C=O) groups excluding carboxylic acids is 1. The molecule has 0 atom stereocenters. The molecule has 0 radical (unpaired) electrons. The predicted molar refractivity (Wildman–Crippen MR) is 61.1 cm³/mol. The van der Waals surface area contributed by atoms with E-state index in [1.54, 1.807) is 0 Å². The Morgan fingerprint density at radius 1 is 1.21 bits per heavy atom. The van der Waals surface area contributed by atoms with Gasteiger partial charge in [0, 0.05) is 6.92 Å². The number of carbonyl (C=O) groups is 2. The third-order valence-corrected chi connectivity index (χ3v) is 1.79. The topological polar surface area (TPSA) is 63.6 Å². The summed E-state index contributed by atoms with van der Waals surface area (Å²) >= 11 is 0. The number of ether oxygens (including phenoxy) is 1. The van der Waals surface area contributed by atoms with Crippen LogP contribution in [0.2, 0.25) is 0 Å². The predicted octanol–water partition coefficient (Wildman–Crippen LogP) is 3.36. The summed E-state index contributed by atoms with van der Waals surface area (Å²) in [4.78, 5) is 21.3. The van der Waals surface area contributed by atoms with Crippen LogP contribution < -0.4 is 4.74 Å². The minimum atomic E-state index is -4.63. The van der Waals surface area contributed by atoms with Gasteiger partial charge in [0.05, 0.1) is 5.56 Å². The van der Waals surface area contributed by atoms with Gasteiger partial charge >= 0.3 is 18.1 Å². The zero-order valence-corrected chi connectivity index (χ0v) is 10.5. The average molecular weight is 278 g/mol. The third-order valence-electron chi connectivity index (χ3n) is 1.79. The van der Waals surface area contributed by atoms with Crippen molar-refractivity contribution in [3.63, 3.8) is 0 Å². The van der Waals surface area contributed by atoms with Crippen molar-refractivity contribution in [1.82, 2.24) is 0 Å². The monoisotopic (exact) mass is 278 g/mol. The Hall–Kier alpha value is -2.05. The Morgan fingerprint density at radius 2 is 1.74 bits per heavy atom. The van der Waals surface area contributed by atoms with Gasteiger partial charge in [-0.15, -0.1) is 0 Å². The maximum atomic E-state index is 12.4. The Balaban J connectivity index is 0.00000154. The van der Waals surface area contributed by atoms with E-state index in [9.17, 15) is 22.8 Å². The first-order valence-electron chi connectivity index (χ1n) is 5.35. The number of benzene rings is 1. The van der Waals surface area contributed by atoms with Gasteiger partial charge in [-0.05, 0) is 18.2 Å². The van der Waals surface area contributed by atoms with Gasteiger partial charge < -0.3 is 9.84 Å². The van der Waals surface area contributed by atoms with Crippen LogP contribution in [-0.2, 0) is 11.0 Å². The second-order valence-electron chi connectivity index (χ2n) is 3.11. The molecule has 0 saturated carbocycles. The molecule has 0 aliphatic carbocycles. The number of aromatic carboxylic acids is 1. The quantitative estimate of drug-likeness (QED) is 0.665. The van der Waals surface area contributed by atoms with Crippen molar-refractivity contribution in [2.45, 2.75) is 26.9 Å². The summed E-state index contributed by atoms with van der Waals surface area (Å²) < 4.78 is 41.5. The molecule has 0 unspecified atom stereocenters. The van der Waals surface area contributed by atoms with Crippen LogP contribution in [0.25, 0.3) is 0 Å². The molecule has 0 aliphatic heterocycles. The van der Waals surface area contributed by atoms with E-state index in [-0.39, 0.29) is 0 Å². The largest absolute Gasteiger partial charge is 0.478 e. The molecule has 0 bridgehead atoms. The normalized spacial score (nSPS) is 10.2. The van der Waals surface area contributed by atoms with Crippen LogP contribution in [0.5, 0.6) is 5.75 Å². The number of carboxylic acid groups (broad SMARTS) is 1. The molecule has 7 heteroatoms. The highest BCUT2D eigenvalue weighted by Crippen LogP contribution is 2.33. The van der Waals surface area contributed by atoms with Crippen LogP contribution in [0.3, 0.4) is 0 Å². The van der Waals surface area contributed by atoms with E-state index >= 15 is 0 Å². The molecule has 1 rings (SSSR count). The highest BCUT2D eigenvalue weighted by molar-refractivity contribution is 5.92. The number of carboxylic acids is 1. The van der Waals surface area contributed by atoms with Crippen LogP contribution in [0.4, 0.5) is 13.2 Å². The SMILES string of the molecule is CC.CC(=O)Oc1cc(C(F)(F)F)ccc1C(=O)O. The molecule has 1 aromatic rings. The van der Waals surface area contributed by atoms with Crippen LogP contribution in [-0.4, -0.2) is 17.0 Å². The van der Waals surface area contributed by atoms with E-state index in [0.29, 0.717) is 12.1 Å². The van der Waals surface area contributed by atoms with Gasteiger partial charge in [-0.3, -0.25) is 4.79 Å². The smallest absolute Gasteiger partial charge is 0.416 e. The fourth-order valence-corrected chi connectivity index (χ4v) is 1.11. The molecular weight excluding hydrogens is 265 g/mol. The molecule has 19 heavy (non-hydrogen) atoms. The molecule has 0 heterocycles. The first-order valence-corrected chi connectivity index (χ1v) is 5.35. The van der Waals surface area contributed by atoms with Crippen LogP contribution in [0, 0.1) is 0 Å². The van der Waals surface area contributed by atoms with Gasteiger partial charge in [0.1, 0.15) is 11.3 Å². The Kier molecular flexibility index (Phi) is 6.04. The molecule has 0 spiro atoms. The molecule has 0 fully saturated rings. The summed E-state index contributed by atoms with van der Waals surface area (Å²) in [6, 6.07) is 1.82. The summed E-state index contributed by atoms with van der Waals surface area (Å²) in [7, 11) is 0. The highest BCUT2D eigenvalue weighted by Gasteiger charge is 2.32. The van der Waals surface area contributed by atoms with Gasteiger partial charge in [-0.1, -0.05) is 13.8 Å². The third kappa shape index (κ3) is 4.99. The standard InChI is InChI=1S/C10H7F3O4.C2H6/c1-5(14)17-8-4-6(10(11,12)13)2-3-7(8)9(15)16;1-2/h2-4H,1H3,(H,15,16);1-2H3. The Bertz CT molecular complexity index is 467. The van der Waals surface area contributed by atoms with Crippen LogP contribution >= 0.6 is 0 Å². The van der Waals surface area contributed by atoms with Crippen molar-refractivity contribution in [2.75, 3.05) is 0 Å². The molecule has 1 aromatic carbocycles. The number of halogens is 3. The molecule has 4 nitrogen and oxygen atoms in total. The van der Waals surface area contributed by atoms with E-state index in [4.69, 9.17) is 5.11 Å². The zero-order chi connectivity index (χ0) is 15.2. The molecule has 106 valence electrons. The summed E-state index contributed by atoms with van der Waals surface area (Å²) in [5, 5.41) is 8.70. The van der Waals surface area contributed by atoms with Crippen molar-refractivity contribution in [1.29, 1.82) is 0 Å². The zero-order valence-electron chi connectivity index (χ0n) is 10.5. The van der Waals surface area contributed by atoms with Gasteiger partial charge in [0.15, 0.2) is 0 Å². The molecule has 0 aromatic heterocycles. The lowest BCUT2D eigenvalue weighted by Gasteiger charge is -2.10. The van der Waals surface area contributed by atoms with Crippen molar-refractivity contribution in [3.05, 3.63) is 29.3 Å². The Morgan fingerprint density at radius 3 is 2.11 bits per heavy atom. The molecule has 0 aliphatic rings.